The number of likely N-dealkylation sites (tertiary alicyclic amines) is 1. The molecule has 0 unspecified atom stereocenters. The quantitative estimate of drug-likeness (QED) is 0.786. The smallest absolute Gasteiger partial charge is 0.324 e. The molecular weight excluding hydrogens is 370 g/mol. The highest BCUT2D eigenvalue weighted by atomic mass is 35.5. The summed E-state index contributed by atoms with van der Waals surface area (Å²) in [5, 5.41) is 10.2. The highest BCUT2D eigenvalue weighted by Gasteiger charge is 2.27. The van der Waals surface area contributed by atoms with E-state index in [0.29, 0.717) is 42.5 Å². The van der Waals surface area contributed by atoms with Gasteiger partial charge in [-0.3, -0.25) is 14.9 Å². The molecule has 27 heavy (non-hydrogen) atoms. The molecule has 1 aromatic heterocycles. The van der Waals surface area contributed by atoms with Gasteiger partial charge in [0.1, 0.15) is 5.82 Å². The maximum atomic E-state index is 12.3. The zero-order chi connectivity index (χ0) is 19.4. The number of ketones is 1. The zero-order valence-corrected chi connectivity index (χ0v) is 15.6. The summed E-state index contributed by atoms with van der Waals surface area (Å²) < 4.78 is 1.74. The Bertz CT molecular complexity index is 858. The van der Waals surface area contributed by atoms with Crippen LogP contribution in [0.2, 0.25) is 5.02 Å². The molecule has 1 fully saturated rings. The molecule has 2 aromatic rings. The predicted molar refractivity (Wildman–Crippen MR) is 102 cm³/mol. The molecule has 0 bridgehead atoms. The number of piperidine rings is 1. The summed E-state index contributed by atoms with van der Waals surface area (Å²) in [4.78, 5) is 36.8. The van der Waals surface area contributed by atoms with Gasteiger partial charge >= 0.3 is 6.03 Å². The lowest BCUT2D eigenvalue weighted by Gasteiger charge is -2.32. The number of hydrogen-bond donors (Lipinski definition) is 2. The lowest BCUT2D eigenvalue weighted by Crippen LogP contribution is -2.42. The molecule has 3 rings (SSSR count). The van der Waals surface area contributed by atoms with E-state index >= 15 is 0 Å². The minimum absolute atomic E-state index is 0.0339. The average molecular weight is 390 g/mol. The number of nitrogens with one attached hydrogen (secondary N) is 2. The van der Waals surface area contributed by atoms with Gasteiger partial charge in [-0.25, -0.2) is 9.48 Å². The lowest BCUT2D eigenvalue weighted by molar-refractivity contribution is -0.144. The van der Waals surface area contributed by atoms with Crippen molar-refractivity contribution < 1.29 is 14.4 Å². The van der Waals surface area contributed by atoms with Crippen molar-refractivity contribution in [2.75, 3.05) is 23.7 Å². The van der Waals surface area contributed by atoms with Gasteiger partial charge in [-0.2, -0.15) is 5.10 Å². The van der Waals surface area contributed by atoms with Crippen molar-refractivity contribution in [3.05, 3.63) is 41.6 Å². The van der Waals surface area contributed by atoms with E-state index < -0.39 is 17.7 Å². The van der Waals surface area contributed by atoms with Crippen LogP contribution in [0.3, 0.4) is 0 Å². The summed E-state index contributed by atoms with van der Waals surface area (Å²) in [6.07, 6.45) is 2.92. The first-order chi connectivity index (χ1) is 13.0. The second-order valence-corrected chi connectivity index (χ2v) is 6.71. The molecule has 142 valence electrons. The molecule has 1 aromatic carbocycles. The molecule has 1 saturated heterocycles. The van der Waals surface area contributed by atoms with Gasteiger partial charge in [0, 0.05) is 26.1 Å². The largest absolute Gasteiger partial charge is 0.336 e. The molecule has 0 atom stereocenters. The first-order valence-corrected chi connectivity index (χ1v) is 8.99. The maximum absolute atomic E-state index is 12.3. The van der Waals surface area contributed by atoms with E-state index in [1.54, 1.807) is 46.1 Å². The second kappa shape index (κ2) is 8.22. The summed E-state index contributed by atoms with van der Waals surface area (Å²) in [6.45, 7) is 2.24. The second-order valence-electron chi connectivity index (χ2n) is 6.30. The standard InChI is InChI=1S/C18H20ClN5O3/c1-12(25)17(26)23-10-7-13(8-11-23)24-16(6-9-20-24)22-18(27)21-15-5-3-2-4-14(15)19/h2-6,9,13H,7-8,10-11H2,1H3,(H2,21,22,27). The predicted octanol–water partition coefficient (Wildman–Crippen LogP) is 2.93. The number of hydrogen-bond acceptors (Lipinski definition) is 4. The van der Waals surface area contributed by atoms with Crippen molar-refractivity contribution in [2.45, 2.75) is 25.8 Å². The van der Waals surface area contributed by atoms with Crippen molar-refractivity contribution >= 4 is 40.8 Å². The highest BCUT2D eigenvalue weighted by molar-refractivity contribution is 6.35. The molecule has 3 amide bonds. The van der Waals surface area contributed by atoms with Crippen molar-refractivity contribution in [1.82, 2.24) is 14.7 Å². The van der Waals surface area contributed by atoms with Gasteiger partial charge in [0.05, 0.1) is 22.9 Å². The average Bonchev–Trinajstić information content (AvgIpc) is 3.11. The zero-order valence-electron chi connectivity index (χ0n) is 14.8. The summed E-state index contributed by atoms with van der Waals surface area (Å²) >= 11 is 6.05. The number of anilines is 2. The van der Waals surface area contributed by atoms with Crippen molar-refractivity contribution in [1.29, 1.82) is 0 Å². The molecule has 2 heterocycles. The fraction of sp³-hybridized carbons (Fsp3) is 0.333. The van der Waals surface area contributed by atoms with E-state index in [0.717, 1.165) is 0 Å². The monoisotopic (exact) mass is 389 g/mol. The molecule has 1 aliphatic heterocycles. The molecule has 0 spiro atoms. The Morgan fingerprint density at radius 3 is 2.48 bits per heavy atom. The third-order valence-corrected chi connectivity index (χ3v) is 4.76. The van der Waals surface area contributed by atoms with Crippen molar-refractivity contribution in [2.24, 2.45) is 0 Å². The Balaban J connectivity index is 1.61. The lowest BCUT2D eigenvalue weighted by atomic mass is 10.0. The molecule has 1 aliphatic rings. The minimum atomic E-state index is -0.453. The third-order valence-electron chi connectivity index (χ3n) is 4.43. The van der Waals surface area contributed by atoms with Gasteiger partial charge < -0.3 is 10.2 Å². The fourth-order valence-electron chi connectivity index (χ4n) is 3.07. The number of benzene rings is 1. The number of carbonyl (C=O) groups is 3. The van der Waals surface area contributed by atoms with E-state index in [1.165, 1.54) is 6.92 Å². The molecule has 0 saturated carbocycles. The van der Waals surface area contributed by atoms with Gasteiger partial charge in [0.15, 0.2) is 0 Å². The number of amides is 3. The molecular formula is C18H20ClN5O3. The van der Waals surface area contributed by atoms with Gasteiger partial charge in [0.2, 0.25) is 5.78 Å². The Hall–Kier alpha value is -2.87. The van der Waals surface area contributed by atoms with Crippen LogP contribution in [0.25, 0.3) is 0 Å². The number of urea groups is 1. The van der Waals surface area contributed by atoms with Gasteiger partial charge in [-0.05, 0) is 25.0 Å². The molecule has 9 heteroatoms. The van der Waals surface area contributed by atoms with Crippen molar-refractivity contribution in [3.8, 4) is 0 Å². The molecule has 2 N–H and O–H groups in total. The molecule has 0 aliphatic carbocycles. The number of nitrogens with zero attached hydrogens (tertiary/aromatic N) is 3. The maximum Gasteiger partial charge on any atom is 0.324 e. The van der Waals surface area contributed by atoms with Crippen LogP contribution >= 0.6 is 11.6 Å². The van der Waals surface area contributed by atoms with Crippen LogP contribution in [0, 0.1) is 0 Å². The molecule has 8 nitrogen and oxygen atoms in total. The van der Waals surface area contributed by atoms with Gasteiger partial charge in [-0.1, -0.05) is 23.7 Å². The Labute approximate surface area is 161 Å². The van der Waals surface area contributed by atoms with E-state index in [9.17, 15) is 14.4 Å². The third kappa shape index (κ3) is 4.46. The van der Waals surface area contributed by atoms with Crippen LogP contribution in [0.15, 0.2) is 36.5 Å². The summed E-state index contributed by atoms with van der Waals surface area (Å²) in [6, 6.07) is 8.28. The number of Topliss-reactive ketones (excluding diaryl/α,β-unsaturated/α-hetero) is 1. The van der Waals surface area contributed by atoms with Crippen molar-refractivity contribution in [3.63, 3.8) is 0 Å². The van der Waals surface area contributed by atoms with Crippen LogP contribution in [-0.4, -0.2) is 45.5 Å². The van der Waals surface area contributed by atoms with Crippen LogP contribution in [-0.2, 0) is 9.59 Å². The topological polar surface area (TPSA) is 96.3 Å². The van der Waals surface area contributed by atoms with E-state index in [4.69, 9.17) is 11.6 Å². The Kier molecular flexibility index (Phi) is 5.75. The van der Waals surface area contributed by atoms with Crippen LogP contribution < -0.4 is 10.6 Å². The summed E-state index contributed by atoms with van der Waals surface area (Å²) in [7, 11) is 0. The SMILES string of the molecule is CC(=O)C(=O)N1CCC(n2nccc2NC(=O)Nc2ccccc2Cl)CC1. The van der Waals surface area contributed by atoms with E-state index in [-0.39, 0.29) is 6.04 Å². The summed E-state index contributed by atoms with van der Waals surface area (Å²) in [5.41, 5.74) is 0.513. The van der Waals surface area contributed by atoms with Gasteiger partial charge in [-0.15, -0.1) is 0 Å². The molecule has 0 radical (unpaired) electrons. The van der Waals surface area contributed by atoms with Gasteiger partial charge in [0.25, 0.3) is 5.91 Å². The Morgan fingerprint density at radius 2 is 1.81 bits per heavy atom. The fourth-order valence-corrected chi connectivity index (χ4v) is 3.26. The normalized spacial score (nSPS) is 14.7. The van der Waals surface area contributed by atoms with Crippen LogP contribution in [0.1, 0.15) is 25.8 Å². The number of halogens is 1. The van der Waals surface area contributed by atoms with Crippen LogP contribution in [0.5, 0.6) is 0 Å². The van der Waals surface area contributed by atoms with E-state index in [2.05, 4.69) is 15.7 Å². The minimum Gasteiger partial charge on any atom is -0.336 e. The number of aromatic nitrogens is 2. The first-order valence-electron chi connectivity index (χ1n) is 8.61. The Morgan fingerprint density at radius 1 is 1.11 bits per heavy atom. The number of rotatable bonds is 4. The number of carbonyl (C=O) groups excluding carboxylic acids is 3. The highest BCUT2D eigenvalue weighted by Crippen LogP contribution is 2.26. The number of para-hydroxylation sites is 1. The van der Waals surface area contributed by atoms with Crippen LogP contribution in [0.4, 0.5) is 16.3 Å². The summed E-state index contributed by atoms with van der Waals surface area (Å²) in [5.74, 6) is -0.353. The van der Waals surface area contributed by atoms with E-state index in [1.807, 2.05) is 0 Å². The first kappa shape index (κ1) is 18.9.